The molecular formula is C15H31N3O. The third kappa shape index (κ3) is 6.39. The maximum atomic E-state index is 12.4. The van der Waals surface area contributed by atoms with Crippen molar-refractivity contribution in [2.24, 2.45) is 5.73 Å². The third-order valence-electron chi connectivity index (χ3n) is 3.82. The molecule has 0 radical (unpaired) electrons. The molecular weight excluding hydrogens is 238 g/mol. The van der Waals surface area contributed by atoms with Gasteiger partial charge in [-0.2, -0.15) is 0 Å². The predicted octanol–water partition coefficient (Wildman–Crippen LogP) is 1.84. The van der Waals surface area contributed by atoms with Gasteiger partial charge in [0.2, 0.25) is 5.91 Å². The Labute approximate surface area is 118 Å². The van der Waals surface area contributed by atoms with Gasteiger partial charge in [0.25, 0.3) is 0 Å². The zero-order valence-electron chi connectivity index (χ0n) is 12.7. The van der Waals surface area contributed by atoms with Crippen molar-refractivity contribution in [1.29, 1.82) is 0 Å². The van der Waals surface area contributed by atoms with Crippen molar-refractivity contribution >= 4 is 5.91 Å². The van der Waals surface area contributed by atoms with Crippen LogP contribution in [0.1, 0.15) is 52.4 Å². The summed E-state index contributed by atoms with van der Waals surface area (Å²) in [7, 11) is 0. The van der Waals surface area contributed by atoms with Gasteiger partial charge in [-0.15, -0.1) is 0 Å². The van der Waals surface area contributed by atoms with E-state index in [4.69, 9.17) is 5.73 Å². The van der Waals surface area contributed by atoms with Crippen LogP contribution in [0.3, 0.4) is 0 Å². The fourth-order valence-corrected chi connectivity index (χ4v) is 2.59. The standard InChI is InChI=1S/C15H31N3O/c1-3-5-10-18(11-6-4-2)15(19)13-17-9-7-8-14(16)12-17/h14H,3-13,16H2,1-2H3/t14-/m1/s1. The molecule has 0 unspecified atom stereocenters. The molecule has 0 bridgehead atoms. The smallest absolute Gasteiger partial charge is 0.236 e. The Kier molecular flexibility index (Phi) is 8.07. The largest absolute Gasteiger partial charge is 0.342 e. The Morgan fingerprint density at radius 3 is 2.42 bits per heavy atom. The van der Waals surface area contributed by atoms with E-state index in [0.717, 1.165) is 64.7 Å². The molecule has 1 fully saturated rings. The van der Waals surface area contributed by atoms with Crippen LogP contribution in [0.5, 0.6) is 0 Å². The van der Waals surface area contributed by atoms with Gasteiger partial charge in [0.15, 0.2) is 0 Å². The molecule has 19 heavy (non-hydrogen) atoms. The third-order valence-corrected chi connectivity index (χ3v) is 3.82. The number of carbonyl (C=O) groups excluding carboxylic acids is 1. The van der Waals surface area contributed by atoms with E-state index in [1.165, 1.54) is 0 Å². The van der Waals surface area contributed by atoms with Crippen molar-refractivity contribution in [2.75, 3.05) is 32.7 Å². The summed E-state index contributed by atoms with van der Waals surface area (Å²) >= 11 is 0. The zero-order valence-corrected chi connectivity index (χ0v) is 12.7. The number of hydrogen-bond acceptors (Lipinski definition) is 3. The molecule has 112 valence electrons. The molecule has 1 amide bonds. The number of carbonyl (C=O) groups is 1. The average Bonchev–Trinajstić information content (AvgIpc) is 2.38. The Bertz CT molecular complexity index is 250. The number of piperidine rings is 1. The maximum absolute atomic E-state index is 12.4. The zero-order chi connectivity index (χ0) is 14.1. The molecule has 1 saturated heterocycles. The van der Waals surface area contributed by atoms with Crippen molar-refractivity contribution < 1.29 is 4.79 Å². The number of likely N-dealkylation sites (tertiary alicyclic amines) is 1. The van der Waals surface area contributed by atoms with Gasteiger partial charge in [0.1, 0.15) is 0 Å². The molecule has 1 rings (SSSR count). The van der Waals surface area contributed by atoms with Crippen LogP contribution in [-0.4, -0.2) is 54.5 Å². The molecule has 0 aromatic rings. The van der Waals surface area contributed by atoms with E-state index >= 15 is 0 Å². The molecule has 0 aromatic heterocycles. The van der Waals surface area contributed by atoms with Crippen LogP contribution in [0.2, 0.25) is 0 Å². The highest BCUT2D eigenvalue weighted by Crippen LogP contribution is 2.09. The van der Waals surface area contributed by atoms with E-state index < -0.39 is 0 Å². The fraction of sp³-hybridized carbons (Fsp3) is 0.933. The number of unbranched alkanes of at least 4 members (excludes halogenated alkanes) is 2. The first kappa shape index (κ1) is 16.4. The quantitative estimate of drug-likeness (QED) is 0.731. The van der Waals surface area contributed by atoms with E-state index in [2.05, 4.69) is 18.7 Å². The SMILES string of the molecule is CCCCN(CCCC)C(=O)CN1CCC[C@@H](N)C1. The normalized spacial score (nSPS) is 20.5. The van der Waals surface area contributed by atoms with Crippen molar-refractivity contribution in [3.63, 3.8) is 0 Å². The van der Waals surface area contributed by atoms with Crippen LogP contribution in [0.25, 0.3) is 0 Å². The van der Waals surface area contributed by atoms with Crippen molar-refractivity contribution in [3.05, 3.63) is 0 Å². The molecule has 1 aliphatic rings. The lowest BCUT2D eigenvalue weighted by Gasteiger charge is -2.32. The number of rotatable bonds is 8. The van der Waals surface area contributed by atoms with E-state index in [9.17, 15) is 4.79 Å². The summed E-state index contributed by atoms with van der Waals surface area (Å²) in [6.45, 7) is 8.62. The second-order valence-electron chi connectivity index (χ2n) is 5.73. The average molecular weight is 269 g/mol. The lowest BCUT2D eigenvalue weighted by Crippen LogP contribution is -2.48. The molecule has 0 saturated carbocycles. The molecule has 4 nitrogen and oxygen atoms in total. The molecule has 0 aliphatic carbocycles. The second-order valence-corrected chi connectivity index (χ2v) is 5.73. The number of nitrogens with zero attached hydrogens (tertiary/aromatic N) is 2. The van der Waals surface area contributed by atoms with Crippen molar-refractivity contribution in [1.82, 2.24) is 9.80 Å². The van der Waals surface area contributed by atoms with Gasteiger partial charge in [-0.25, -0.2) is 0 Å². The van der Waals surface area contributed by atoms with Crippen LogP contribution in [0.15, 0.2) is 0 Å². The summed E-state index contributed by atoms with van der Waals surface area (Å²) in [5.41, 5.74) is 5.97. The van der Waals surface area contributed by atoms with E-state index in [0.29, 0.717) is 6.54 Å². The van der Waals surface area contributed by atoms with Crippen molar-refractivity contribution in [3.8, 4) is 0 Å². The Hall–Kier alpha value is -0.610. The summed E-state index contributed by atoms with van der Waals surface area (Å²) < 4.78 is 0. The number of amides is 1. The fourth-order valence-electron chi connectivity index (χ4n) is 2.59. The van der Waals surface area contributed by atoms with Crippen molar-refractivity contribution in [2.45, 2.75) is 58.4 Å². The molecule has 0 aromatic carbocycles. The first-order chi connectivity index (χ1) is 9.17. The van der Waals surface area contributed by atoms with Gasteiger partial charge >= 0.3 is 0 Å². The summed E-state index contributed by atoms with van der Waals surface area (Å²) in [5.74, 6) is 0.288. The summed E-state index contributed by atoms with van der Waals surface area (Å²) in [5, 5.41) is 0. The van der Waals surface area contributed by atoms with Gasteiger partial charge < -0.3 is 10.6 Å². The van der Waals surface area contributed by atoms with Gasteiger partial charge in [0.05, 0.1) is 6.54 Å². The Morgan fingerprint density at radius 1 is 1.26 bits per heavy atom. The first-order valence-corrected chi connectivity index (χ1v) is 7.93. The van der Waals surface area contributed by atoms with Crippen LogP contribution < -0.4 is 5.73 Å². The molecule has 1 heterocycles. The van der Waals surface area contributed by atoms with Gasteiger partial charge in [-0.05, 0) is 32.2 Å². The minimum absolute atomic E-state index is 0.251. The monoisotopic (exact) mass is 269 g/mol. The lowest BCUT2D eigenvalue weighted by atomic mass is 10.1. The summed E-state index contributed by atoms with van der Waals surface area (Å²) in [6.07, 6.45) is 6.72. The maximum Gasteiger partial charge on any atom is 0.236 e. The Balaban J connectivity index is 2.40. The van der Waals surface area contributed by atoms with E-state index in [1.54, 1.807) is 0 Å². The molecule has 0 spiro atoms. The lowest BCUT2D eigenvalue weighted by molar-refractivity contribution is -0.132. The minimum atomic E-state index is 0.251. The highest BCUT2D eigenvalue weighted by atomic mass is 16.2. The van der Waals surface area contributed by atoms with Crippen LogP contribution in [-0.2, 0) is 4.79 Å². The first-order valence-electron chi connectivity index (χ1n) is 7.93. The summed E-state index contributed by atoms with van der Waals surface area (Å²) in [6, 6.07) is 0.251. The Morgan fingerprint density at radius 2 is 1.89 bits per heavy atom. The number of hydrogen-bond donors (Lipinski definition) is 1. The summed E-state index contributed by atoms with van der Waals surface area (Å²) in [4.78, 5) is 16.6. The molecule has 2 N–H and O–H groups in total. The van der Waals surface area contributed by atoms with Crippen LogP contribution >= 0.6 is 0 Å². The molecule has 1 atom stereocenters. The van der Waals surface area contributed by atoms with E-state index in [-0.39, 0.29) is 11.9 Å². The highest BCUT2D eigenvalue weighted by Gasteiger charge is 2.21. The van der Waals surface area contributed by atoms with Crippen LogP contribution in [0.4, 0.5) is 0 Å². The van der Waals surface area contributed by atoms with E-state index in [1.807, 2.05) is 4.90 Å². The highest BCUT2D eigenvalue weighted by molar-refractivity contribution is 5.78. The minimum Gasteiger partial charge on any atom is -0.342 e. The van der Waals surface area contributed by atoms with Gasteiger partial charge in [-0.3, -0.25) is 9.69 Å². The van der Waals surface area contributed by atoms with Crippen LogP contribution in [0, 0.1) is 0 Å². The second kappa shape index (κ2) is 9.32. The predicted molar refractivity (Wildman–Crippen MR) is 80.0 cm³/mol. The topological polar surface area (TPSA) is 49.6 Å². The van der Waals surface area contributed by atoms with Gasteiger partial charge in [0, 0.05) is 25.7 Å². The number of nitrogens with two attached hydrogens (primary N) is 1. The molecule has 1 aliphatic heterocycles. The molecule has 4 heteroatoms. The van der Waals surface area contributed by atoms with Gasteiger partial charge in [-0.1, -0.05) is 26.7 Å².